The van der Waals surface area contributed by atoms with Crippen molar-refractivity contribution < 1.29 is 18.7 Å². The first-order chi connectivity index (χ1) is 14.4. The summed E-state index contributed by atoms with van der Waals surface area (Å²) in [6, 6.07) is 0. The number of amidine groups is 1. The number of fused-ring (bicyclic) bond motifs is 1. The van der Waals surface area contributed by atoms with E-state index in [1.807, 2.05) is 12.3 Å². The van der Waals surface area contributed by atoms with Gasteiger partial charge in [0.25, 0.3) is 0 Å². The van der Waals surface area contributed by atoms with Crippen molar-refractivity contribution in [1.82, 2.24) is 14.9 Å². The number of carbonyl (C=O) groups is 1. The van der Waals surface area contributed by atoms with Crippen LogP contribution in [0.25, 0.3) is 0 Å². The van der Waals surface area contributed by atoms with Crippen molar-refractivity contribution in [2.75, 3.05) is 13.1 Å². The molecular weight excluding hydrogens is 390 g/mol. The lowest BCUT2D eigenvalue weighted by Crippen LogP contribution is -2.30. The molecule has 3 rings (SSSR count). The monoisotopic (exact) mass is 418 g/mol. The second kappa shape index (κ2) is 10.4. The van der Waals surface area contributed by atoms with Gasteiger partial charge in [0, 0.05) is 50.4 Å². The summed E-state index contributed by atoms with van der Waals surface area (Å²) in [4.78, 5) is 25.5. The SMILES string of the molecule is O=C(O)CC(CC(F)(F)CCCCN1C=CC=C2CCCCN=C21)c1cncnc1. The van der Waals surface area contributed by atoms with E-state index in [4.69, 9.17) is 5.11 Å². The number of carboxylic acids is 1. The van der Waals surface area contributed by atoms with E-state index in [0.717, 1.165) is 31.6 Å². The summed E-state index contributed by atoms with van der Waals surface area (Å²) in [7, 11) is 0. The third-order valence-electron chi connectivity index (χ3n) is 5.45. The van der Waals surface area contributed by atoms with Crippen molar-refractivity contribution in [1.29, 1.82) is 0 Å². The van der Waals surface area contributed by atoms with E-state index in [9.17, 15) is 13.6 Å². The molecule has 1 N–H and O–H groups in total. The molecule has 30 heavy (non-hydrogen) atoms. The molecule has 0 fully saturated rings. The molecule has 0 radical (unpaired) electrons. The molecule has 0 amide bonds. The van der Waals surface area contributed by atoms with Crippen molar-refractivity contribution >= 4 is 11.8 Å². The van der Waals surface area contributed by atoms with Crippen molar-refractivity contribution in [3.8, 4) is 0 Å². The minimum absolute atomic E-state index is 0.274. The van der Waals surface area contributed by atoms with Crippen molar-refractivity contribution in [3.63, 3.8) is 0 Å². The van der Waals surface area contributed by atoms with Crippen LogP contribution in [0.15, 0.2) is 47.6 Å². The van der Waals surface area contributed by atoms with Gasteiger partial charge < -0.3 is 10.0 Å². The summed E-state index contributed by atoms with van der Waals surface area (Å²) in [5.41, 5.74) is 1.66. The molecule has 1 aromatic heterocycles. The number of aliphatic carboxylic acids is 1. The summed E-state index contributed by atoms with van der Waals surface area (Å²) in [5, 5.41) is 9.10. The minimum Gasteiger partial charge on any atom is -0.481 e. The van der Waals surface area contributed by atoms with Crippen LogP contribution in [0.3, 0.4) is 0 Å². The zero-order chi connectivity index (χ0) is 21.4. The molecule has 0 spiro atoms. The van der Waals surface area contributed by atoms with Gasteiger partial charge in [-0.05, 0) is 49.3 Å². The second-order valence-electron chi connectivity index (χ2n) is 7.87. The van der Waals surface area contributed by atoms with Gasteiger partial charge in [-0.3, -0.25) is 9.79 Å². The zero-order valence-electron chi connectivity index (χ0n) is 17.0. The number of hydrogen-bond acceptors (Lipinski definition) is 5. The second-order valence-corrected chi connectivity index (χ2v) is 7.87. The molecule has 3 heterocycles. The van der Waals surface area contributed by atoms with E-state index in [1.54, 1.807) is 0 Å². The molecule has 1 unspecified atom stereocenters. The number of unbranched alkanes of at least 4 members (excludes halogenated alkanes) is 1. The molecule has 1 atom stereocenters. The van der Waals surface area contributed by atoms with Gasteiger partial charge in [-0.25, -0.2) is 18.7 Å². The van der Waals surface area contributed by atoms with Gasteiger partial charge in [-0.15, -0.1) is 0 Å². The van der Waals surface area contributed by atoms with Crippen LogP contribution in [0, 0.1) is 0 Å². The molecule has 6 nitrogen and oxygen atoms in total. The minimum atomic E-state index is -2.95. The topological polar surface area (TPSA) is 78.7 Å². The first-order valence-corrected chi connectivity index (χ1v) is 10.5. The van der Waals surface area contributed by atoms with Crippen LogP contribution in [-0.4, -0.2) is 50.8 Å². The predicted octanol–water partition coefficient (Wildman–Crippen LogP) is 4.57. The van der Waals surface area contributed by atoms with Gasteiger partial charge in [0.15, 0.2) is 0 Å². The lowest BCUT2D eigenvalue weighted by atomic mass is 9.90. The van der Waals surface area contributed by atoms with Crippen molar-refractivity contribution in [2.45, 2.75) is 63.2 Å². The molecule has 162 valence electrons. The fourth-order valence-electron chi connectivity index (χ4n) is 3.94. The lowest BCUT2D eigenvalue weighted by molar-refractivity contribution is -0.138. The third-order valence-corrected chi connectivity index (χ3v) is 5.45. The number of aromatic nitrogens is 2. The van der Waals surface area contributed by atoms with Gasteiger partial charge >= 0.3 is 5.97 Å². The van der Waals surface area contributed by atoms with E-state index in [0.29, 0.717) is 24.9 Å². The van der Waals surface area contributed by atoms with E-state index in [2.05, 4.69) is 25.9 Å². The smallest absolute Gasteiger partial charge is 0.303 e. The number of carboxylic acid groups (broad SMARTS) is 1. The number of nitrogens with zero attached hydrogens (tertiary/aromatic N) is 4. The maximum atomic E-state index is 14.6. The average Bonchev–Trinajstić information content (AvgIpc) is 2.97. The van der Waals surface area contributed by atoms with Crippen LogP contribution in [0.1, 0.15) is 62.8 Å². The fraction of sp³-hybridized carbons (Fsp3) is 0.545. The first kappa shape index (κ1) is 22.1. The predicted molar refractivity (Wildman–Crippen MR) is 111 cm³/mol. The maximum Gasteiger partial charge on any atom is 0.303 e. The molecule has 0 saturated carbocycles. The maximum absolute atomic E-state index is 14.6. The Morgan fingerprint density at radius 2 is 2.03 bits per heavy atom. The average molecular weight is 418 g/mol. The summed E-state index contributed by atoms with van der Waals surface area (Å²) in [5.74, 6) is -3.88. The molecule has 8 heteroatoms. The van der Waals surface area contributed by atoms with Gasteiger partial charge in [0.05, 0.1) is 6.42 Å². The molecule has 0 saturated heterocycles. The Balaban J connectivity index is 1.50. The van der Waals surface area contributed by atoms with Crippen LogP contribution in [0.2, 0.25) is 0 Å². The first-order valence-electron chi connectivity index (χ1n) is 10.5. The molecule has 0 aliphatic carbocycles. The van der Waals surface area contributed by atoms with Crippen LogP contribution < -0.4 is 0 Å². The Bertz CT molecular complexity index is 809. The van der Waals surface area contributed by atoms with E-state index < -0.39 is 24.2 Å². The van der Waals surface area contributed by atoms with Crippen LogP contribution in [-0.2, 0) is 4.79 Å². The summed E-state index contributed by atoms with van der Waals surface area (Å²) in [6.07, 6.45) is 13.2. The van der Waals surface area contributed by atoms with Gasteiger partial charge in [0.1, 0.15) is 12.2 Å². The highest BCUT2D eigenvalue weighted by molar-refractivity contribution is 6.00. The Labute approximate surface area is 175 Å². The van der Waals surface area contributed by atoms with Gasteiger partial charge in [-0.1, -0.05) is 6.08 Å². The van der Waals surface area contributed by atoms with E-state index in [-0.39, 0.29) is 12.8 Å². The number of alkyl halides is 2. The quantitative estimate of drug-likeness (QED) is 0.563. The summed E-state index contributed by atoms with van der Waals surface area (Å²) >= 11 is 0. The van der Waals surface area contributed by atoms with E-state index >= 15 is 0 Å². The molecule has 2 aliphatic heterocycles. The van der Waals surface area contributed by atoms with Crippen LogP contribution in [0.4, 0.5) is 8.78 Å². The van der Waals surface area contributed by atoms with Gasteiger partial charge in [-0.2, -0.15) is 0 Å². The highest BCUT2D eigenvalue weighted by Gasteiger charge is 2.34. The summed E-state index contributed by atoms with van der Waals surface area (Å²) < 4.78 is 29.2. The van der Waals surface area contributed by atoms with Gasteiger partial charge in [0.2, 0.25) is 5.92 Å². The van der Waals surface area contributed by atoms with Crippen LogP contribution >= 0.6 is 0 Å². The number of rotatable bonds is 10. The van der Waals surface area contributed by atoms with Crippen LogP contribution in [0.5, 0.6) is 0 Å². The Kier molecular flexibility index (Phi) is 7.65. The Morgan fingerprint density at radius 3 is 2.80 bits per heavy atom. The Hall–Kier alpha value is -2.64. The van der Waals surface area contributed by atoms with Crippen molar-refractivity contribution in [2.24, 2.45) is 4.99 Å². The number of aliphatic imine (C=N–C) groups is 1. The largest absolute Gasteiger partial charge is 0.481 e. The zero-order valence-corrected chi connectivity index (χ0v) is 17.0. The molecule has 0 bridgehead atoms. The standard InChI is InChI=1S/C22H28F2N4O2/c23-22(24,13-18(12-20(29)30)19-14-25-16-26-15-19)8-2-4-10-28-11-5-7-17-6-1-3-9-27-21(17)28/h5,7,11,14-16,18H,1-4,6,8-10,12-13H2,(H,29,30). The highest BCUT2D eigenvalue weighted by Crippen LogP contribution is 2.35. The molecule has 1 aromatic rings. The highest BCUT2D eigenvalue weighted by atomic mass is 19.3. The van der Waals surface area contributed by atoms with E-state index in [1.165, 1.54) is 24.3 Å². The number of halogens is 2. The Morgan fingerprint density at radius 1 is 1.23 bits per heavy atom. The number of hydrogen-bond donors (Lipinski definition) is 1. The van der Waals surface area contributed by atoms with Crippen molar-refractivity contribution in [3.05, 3.63) is 48.2 Å². The fourth-order valence-corrected chi connectivity index (χ4v) is 3.94. The molecule has 0 aromatic carbocycles. The number of allylic oxidation sites excluding steroid dienone is 2. The summed E-state index contributed by atoms with van der Waals surface area (Å²) in [6.45, 7) is 1.46. The third kappa shape index (κ3) is 6.43. The lowest BCUT2D eigenvalue weighted by Gasteiger charge is -2.27. The molecular formula is C22H28F2N4O2. The normalized spacial score (nSPS) is 17.6. The molecule has 2 aliphatic rings.